The molecule has 1 atom stereocenters. The van der Waals surface area contributed by atoms with Gasteiger partial charge in [-0.1, -0.05) is 18.2 Å². The lowest BCUT2D eigenvalue weighted by atomic mass is 10.1. The lowest BCUT2D eigenvalue weighted by Crippen LogP contribution is -2.42. The van der Waals surface area contributed by atoms with Gasteiger partial charge in [-0.05, 0) is 78.9 Å². The van der Waals surface area contributed by atoms with Gasteiger partial charge in [0.25, 0.3) is 0 Å². The molecule has 1 aromatic heterocycles. The van der Waals surface area contributed by atoms with Crippen LogP contribution in [0.2, 0.25) is 0 Å². The number of amides is 1. The molecule has 178 valence electrons. The molecule has 0 aliphatic rings. The molecule has 1 heterocycles. The molecule has 1 aromatic carbocycles. The summed E-state index contributed by atoms with van der Waals surface area (Å²) in [4.78, 5) is 27.7. The number of hydrogen-bond acceptors (Lipinski definition) is 5. The van der Waals surface area contributed by atoms with Crippen molar-refractivity contribution in [3.8, 4) is 0 Å². The average Bonchev–Trinajstić information content (AvgIpc) is 3.06. The Morgan fingerprint density at radius 2 is 1.66 bits per heavy atom. The predicted molar refractivity (Wildman–Crippen MR) is 128 cm³/mol. The first-order valence-corrected chi connectivity index (χ1v) is 11.4. The predicted octanol–water partition coefficient (Wildman–Crippen LogP) is 4.71. The summed E-state index contributed by atoms with van der Waals surface area (Å²) >= 11 is 0. The van der Waals surface area contributed by atoms with Crippen LogP contribution >= 0.6 is 0 Å². The SMILES string of the molecule is CC(C)(C)OC(=O)NCCCC[C@H](NCCc1c[nH]c2ccccc12)C(=O)OC(C)(C)C. The quantitative estimate of drug-likeness (QED) is 0.364. The van der Waals surface area contributed by atoms with Gasteiger partial charge in [-0.3, -0.25) is 4.79 Å². The first-order valence-electron chi connectivity index (χ1n) is 11.4. The van der Waals surface area contributed by atoms with Crippen molar-refractivity contribution in [2.45, 2.75) is 84.5 Å². The van der Waals surface area contributed by atoms with Crippen LogP contribution in [0.15, 0.2) is 30.5 Å². The second-order valence-corrected chi connectivity index (χ2v) is 10.1. The number of alkyl carbamates (subject to hydrolysis) is 1. The third-order valence-corrected chi connectivity index (χ3v) is 4.74. The van der Waals surface area contributed by atoms with Crippen molar-refractivity contribution in [3.05, 3.63) is 36.0 Å². The first-order chi connectivity index (χ1) is 14.9. The molecule has 2 aromatic rings. The molecular weight excluding hydrogens is 406 g/mol. The van der Waals surface area contributed by atoms with Crippen molar-refractivity contribution in [2.24, 2.45) is 0 Å². The number of esters is 1. The largest absolute Gasteiger partial charge is 0.459 e. The van der Waals surface area contributed by atoms with Crippen LogP contribution in [-0.2, 0) is 20.7 Å². The lowest BCUT2D eigenvalue weighted by Gasteiger charge is -2.25. The summed E-state index contributed by atoms with van der Waals surface area (Å²) in [5.41, 5.74) is 1.29. The third kappa shape index (κ3) is 9.30. The van der Waals surface area contributed by atoms with Gasteiger partial charge < -0.3 is 25.1 Å². The van der Waals surface area contributed by atoms with E-state index in [1.165, 1.54) is 10.9 Å². The number of aromatic amines is 1. The summed E-state index contributed by atoms with van der Waals surface area (Å²) in [6.45, 7) is 12.3. The Hall–Kier alpha value is -2.54. The highest BCUT2D eigenvalue weighted by Crippen LogP contribution is 2.18. The van der Waals surface area contributed by atoms with Gasteiger partial charge >= 0.3 is 12.1 Å². The van der Waals surface area contributed by atoms with E-state index in [9.17, 15) is 9.59 Å². The number of para-hydroxylation sites is 1. The maximum atomic E-state index is 12.7. The van der Waals surface area contributed by atoms with Crippen LogP contribution in [0.3, 0.4) is 0 Å². The molecular formula is C25H39N3O4. The number of unbranched alkanes of at least 4 members (excludes halogenated alkanes) is 1. The monoisotopic (exact) mass is 445 g/mol. The molecule has 1 amide bonds. The maximum absolute atomic E-state index is 12.7. The zero-order valence-corrected chi connectivity index (χ0v) is 20.3. The van der Waals surface area contributed by atoms with Gasteiger partial charge in [0.05, 0.1) is 0 Å². The zero-order chi connectivity index (χ0) is 23.8. The summed E-state index contributed by atoms with van der Waals surface area (Å²) in [6, 6.07) is 7.81. The van der Waals surface area contributed by atoms with Gasteiger partial charge in [-0.15, -0.1) is 0 Å². The van der Waals surface area contributed by atoms with Crippen LogP contribution < -0.4 is 10.6 Å². The highest BCUT2D eigenvalue weighted by molar-refractivity contribution is 5.83. The number of carbonyl (C=O) groups is 2. The fourth-order valence-corrected chi connectivity index (χ4v) is 3.37. The van der Waals surface area contributed by atoms with Gasteiger partial charge in [0.2, 0.25) is 0 Å². The number of aromatic nitrogens is 1. The van der Waals surface area contributed by atoms with Gasteiger partial charge in [0.1, 0.15) is 17.2 Å². The van der Waals surface area contributed by atoms with Crippen LogP contribution in [-0.4, -0.2) is 47.4 Å². The number of ether oxygens (including phenoxy) is 2. The molecule has 0 aliphatic carbocycles. The Morgan fingerprint density at radius 3 is 2.34 bits per heavy atom. The Labute approximate surface area is 191 Å². The van der Waals surface area contributed by atoms with Crippen LogP contribution in [0.25, 0.3) is 10.9 Å². The number of hydrogen-bond donors (Lipinski definition) is 3. The second kappa shape index (κ2) is 11.4. The molecule has 7 nitrogen and oxygen atoms in total. The molecule has 0 aliphatic heterocycles. The van der Waals surface area contributed by atoms with Gasteiger partial charge in [-0.2, -0.15) is 0 Å². The Kier molecular flexibility index (Phi) is 9.13. The average molecular weight is 446 g/mol. The van der Waals surface area contributed by atoms with E-state index < -0.39 is 17.3 Å². The summed E-state index contributed by atoms with van der Waals surface area (Å²) in [5.74, 6) is -0.239. The summed E-state index contributed by atoms with van der Waals surface area (Å²) in [5, 5.41) is 7.34. The summed E-state index contributed by atoms with van der Waals surface area (Å²) < 4.78 is 10.8. The summed E-state index contributed by atoms with van der Waals surface area (Å²) in [6.07, 6.45) is 4.58. The molecule has 3 N–H and O–H groups in total. The van der Waals surface area contributed by atoms with Crippen LogP contribution in [0.5, 0.6) is 0 Å². The Morgan fingerprint density at radius 1 is 0.969 bits per heavy atom. The standard InChI is InChI=1S/C25H39N3O4/c1-24(2,3)31-22(29)21(13-9-10-15-27-23(30)32-25(4,5)6)26-16-14-18-17-28-20-12-8-7-11-19(18)20/h7-8,11-12,17,21,26,28H,9-10,13-16H2,1-6H3,(H,27,30)/t21-/m0/s1. The van der Waals surface area contributed by atoms with Crippen molar-refractivity contribution < 1.29 is 19.1 Å². The number of rotatable bonds is 10. The normalized spacial score (nSPS) is 13.1. The third-order valence-electron chi connectivity index (χ3n) is 4.74. The molecule has 7 heteroatoms. The van der Waals surface area contributed by atoms with Gasteiger partial charge in [0.15, 0.2) is 0 Å². The fourth-order valence-electron chi connectivity index (χ4n) is 3.37. The number of fused-ring (bicyclic) bond motifs is 1. The minimum absolute atomic E-state index is 0.239. The van der Waals surface area contributed by atoms with Crippen LogP contribution in [0, 0.1) is 0 Å². The Bertz CT molecular complexity index is 877. The first kappa shape index (κ1) is 25.7. The highest BCUT2D eigenvalue weighted by Gasteiger charge is 2.24. The topological polar surface area (TPSA) is 92.5 Å². The molecule has 0 saturated heterocycles. The summed E-state index contributed by atoms with van der Waals surface area (Å²) in [7, 11) is 0. The number of carbonyl (C=O) groups excluding carboxylic acids is 2. The van der Waals surface area contributed by atoms with Crippen molar-refractivity contribution in [1.29, 1.82) is 0 Å². The molecule has 0 spiro atoms. The maximum Gasteiger partial charge on any atom is 0.407 e. The van der Waals surface area contributed by atoms with E-state index in [0.717, 1.165) is 24.8 Å². The molecule has 2 rings (SSSR count). The lowest BCUT2D eigenvalue weighted by molar-refractivity contribution is -0.157. The van der Waals surface area contributed by atoms with E-state index in [1.807, 2.05) is 59.9 Å². The van der Waals surface area contributed by atoms with Crippen molar-refractivity contribution in [2.75, 3.05) is 13.1 Å². The molecule has 32 heavy (non-hydrogen) atoms. The van der Waals surface area contributed by atoms with Crippen molar-refractivity contribution >= 4 is 23.0 Å². The zero-order valence-electron chi connectivity index (χ0n) is 20.3. The van der Waals surface area contributed by atoms with E-state index in [0.29, 0.717) is 19.5 Å². The fraction of sp³-hybridized carbons (Fsp3) is 0.600. The minimum Gasteiger partial charge on any atom is -0.459 e. The number of benzene rings is 1. The van der Waals surface area contributed by atoms with Gasteiger partial charge in [0, 0.05) is 30.2 Å². The highest BCUT2D eigenvalue weighted by atomic mass is 16.6. The molecule has 0 unspecified atom stereocenters. The van der Waals surface area contributed by atoms with E-state index in [-0.39, 0.29) is 12.0 Å². The molecule has 0 fully saturated rings. The van der Waals surface area contributed by atoms with E-state index in [4.69, 9.17) is 9.47 Å². The van der Waals surface area contributed by atoms with Crippen molar-refractivity contribution in [1.82, 2.24) is 15.6 Å². The van der Waals surface area contributed by atoms with Crippen LogP contribution in [0.1, 0.15) is 66.4 Å². The molecule has 0 bridgehead atoms. The molecule has 0 radical (unpaired) electrons. The van der Waals surface area contributed by atoms with Crippen LogP contribution in [0.4, 0.5) is 4.79 Å². The van der Waals surface area contributed by atoms with E-state index in [1.54, 1.807) is 0 Å². The minimum atomic E-state index is -0.536. The van der Waals surface area contributed by atoms with E-state index in [2.05, 4.69) is 27.8 Å². The number of nitrogens with one attached hydrogen (secondary N) is 3. The number of H-pyrrole nitrogens is 1. The molecule has 0 saturated carbocycles. The smallest absolute Gasteiger partial charge is 0.407 e. The van der Waals surface area contributed by atoms with E-state index >= 15 is 0 Å². The van der Waals surface area contributed by atoms with Crippen molar-refractivity contribution in [3.63, 3.8) is 0 Å². The van der Waals surface area contributed by atoms with Gasteiger partial charge in [-0.25, -0.2) is 4.79 Å². The second-order valence-electron chi connectivity index (χ2n) is 10.1. The Balaban J connectivity index is 1.83.